The van der Waals surface area contributed by atoms with Gasteiger partial charge in [0, 0.05) is 19.0 Å². The number of hydrogen-bond acceptors (Lipinski definition) is 5. The average molecular weight is 293 g/mol. The molecule has 0 aliphatic heterocycles. The Kier molecular flexibility index (Phi) is 3.75. The SMILES string of the molecule is Cn1nc(Sc2ccc(C(=O)O)cc2)c(=O)n(C)c1=O. The van der Waals surface area contributed by atoms with Gasteiger partial charge in [-0.2, -0.15) is 5.10 Å². The minimum absolute atomic E-state index is 0.151. The van der Waals surface area contributed by atoms with Gasteiger partial charge >= 0.3 is 11.7 Å². The van der Waals surface area contributed by atoms with E-state index >= 15 is 0 Å². The zero-order chi connectivity index (χ0) is 14.9. The minimum Gasteiger partial charge on any atom is -0.478 e. The van der Waals surface area contributed by atoms with Crippen molar-refractivity contribution in [3.05, 3.63) is 50.7 Å². The number of aromatic nitrogens is 3. The van der Waals surface area contributed by atoms with E-state index in [0.29, 0.717) is 4.90 Å². The topological polar surface area (TPSA) is 94.2 Å². The minimum atomic E-state index is -1.02. The van der Waals surface area contributed by atoms with Gasteiger partial charge in [-0.05, 0) is 24.3 Å². The molecule has 8 heteroatoms. The van der Waals surface area contributed by atoms with Gasteiger partial charge in [0.25, 0.3) is 5.56 Å². The molecule has 1 heterocycles. The normalized spacial score (nSPS) is 10.5. The summed E-state index contributed by atoms with van der Waals surface area (Å²) in [6, 6.07) is 6.05. The molecule has 0 saturated heterocycles. The highest BCUT2D eigenvalue weighted by Crippen LogP contribution is 2.23. The molecule has 0 saturated carbocycles. The first-order chi connectivity index (χ1) is 9.40. The fourth-order valence-corrected chi connectivity index (χ4v) is 2.39. The molecular formula is C12H11N3O4S. The van der Waals surface area contributed by atoms with Gasteiger partial charge in [0.1, 0.15) is 0 Å². The van der Waals surface area contributed by atoms with Crippen LogP contribution in [0.1, 0.15) is 10.4 Å². The number of aromatic carboxylic acids is 1. The summed E-state index contributed by atoms with van der Waals surface area (Å²) in [4.78, 5) is 34.8. The zero-order valence-electron chi connectivity index (χ0n) is 10.7. The van der Waals surface area contributed by atoms with E-state index in [2.05, 4.69) is 5.10 Å². The molecule has 0 amide bonds. The number of nitrogens with zero attached hydrogens (tertiary/aromatic N) is 3. The summed E-state index contributed by atoms with van der Waals surface area (Å²) >= 11 is 1.07. The predicted molar refractivity (Wildman–Crippen MR) is 72.2 cm³/mol. The number of carboxylic acid groups (broad SMARTS) is 1. The van der Waals surface area contributed by atoms with E-state index in [9.17, 15) is 14.4 Å². The monoisotopic (exact) mass is 293 g/mol. The molecule has 7 nitrogen and oxygen atoms in total. The molecule has 0 fully saturated rings. The molecule has 0 radical (unpaired) electrons. The Morgan fingerprint density at radius 1 is 1.20 bits per heavy atom. The number of hydrogen-bond donors (Lipinski definition) is 1. The summed E-state index contributed by atoms with van der Waals surface area (Å²) in [6.07, 6.45) is 0. The second-order valence-electron chi connectivity index (χ2n) is 4.01. The van der Waals surface area contributed by atoms with Gasteiger partial charge in [-0.3, -0.25) is 9.36 Å². The maximum atomic E-state index is 11.9. The molecule has 1 aromatic heterocycles. The van der Waals surface area contributed by atoms with Crippen LogP contribution in [-0.4, -0.2) is 25.4 Å². The molecule has 0 unspecified atom stereocenters. The van der Waals surface area contributed by atoms with Crippen LogP contribution < -0.4 is 11.2 Å². The summed E-state index contributed by atoms with van der Waals surface area (Å²) in [5.41, 5.74) is -0.823. The Hall–Kier alpha value is -2.35. The van der Waals surface area contributed by atoms with E-state index in [1.54, 1.807) is 12.1 Å². The average Bonchev–Trinajstić information content (AvgIpc) is 2.43. The maximum Gasteiger partial charge on any atom is 0.346 e. The molecule has 0 bridgehead atoms. The van der Waals surface area contributed by atoms with Gasteiger partial charge in [-0.1, -0.05) is 11.8 Å². The van der Waals surface area contributed by atoms with Crippen LogP contribution in [0.3, 0.4) is 0 Å². The Bertz CT molecular complexity index is 777. The number of rotatable bonds is 3. The van der Waals surface area contributed by atoms with Crippen LogP contribution >= 0.6 is 11.8 Å². The van der Waals surface area contributed by atoms with Gasteiger partial charge in [0.05, 0.1) is 5.56 Å². The quantitative estimate of drug-likeness (QED) is 0.876. The third-order valence-corrected chi connectivity index (χ3v) is 3.57. The predicted octanol–water partition coefficient (Wildman–Crippen LogP) is 0.328. The van der Waals surface area contributed by atoms with Crippen molar-refractivity contribution in [3.8, 4) is 0 Å². The van der Waals surface area contributed by atoms with Crippen LogP contribution in [0.5, 0.6) is 0 Å². The first-order valence-electron chi connectivity index (χ1n) is 5.55. The van der Waals surface area contributed by atoms with Gasteiger partial charge in [-0.25, -0.2) is 14.3 Å². The Morgan fingerprint density at radius 2 is 1.80 bits per heavy atom. The van der Waals surface area contributed by atoms with Crippen molar-refractivity contribution < 1.29 is 9.90 Å². The molecule has 0 aliphatic carbocycles. The van der Waals surface area contributed by atoms with E-state index in [1.165, 1.54) is 26.2 Å². The summed E-state index contributed by atoms with van der Waals surface area (Å²) in [6.45, 7) is 0. The van der Waals surface area contributed by atoms with Crippen molar-refractivity contribution in [2.45, 2.75) is 9.92 Å². The Labute approximate surface area is 117 Å². The number of carbonyl (C=O) groups is 1. The van der Waals surface area contributed by atoms with Crippen LogP contribution in [-0.2, 0) is 14.1 Å². The summed E-state index contributed by atoms with van der Waals surface area (Å²) in [7, 11) is 2.84. The molecule has 2 aromatic rings. The van der Waals surface area contributed by atoms with Crippen LogP contribution in [0.15, 0.2) is 43.8 Å². The van der Waals surface area contributed by atoms with Gasteiger partial charge in [0.15, 0.2) is 5.03 Å². The lowest BCUT2D eigenvalue weighted by atomic mass is 10.2. The third kappa shape index (κ3) is 2.64. The van der Waals surface area contributed by atoms with Crippen LogP contribution in [0.4, 0.5) is 0 Å². The molecule has 0 aliphatic rings. The summed E-state index contributed by atoms with van der Waals surface area (Å²) < 4.78 is 2.05. The molecule has 20 heavy (non-hydrogen) atoms. The largest absolute Gasteiger partial charge is 0.478 e. The molecule has 104 valence electrons. The lowest BCUT2D eigenvalue weighted by molar-refractivity contribution is 0.0697. The highest BCUT2D eigenvalue weighted by atomic mass is 32.2. The summed E-state index contributed by atoms with van der Waals surface area (Å²) in [5, 5.41) is 12.9. The molecule has 1 aromatic carbocycles. The second-order valence-corrected chi connectivity index (χ2v) is 5.07. The smallest absolute Gasteiger partial charge is 0.346 e. The van der Waals surface area contributed by atoms with Crippen molar-refractivity contribution in [2.75, 3.05) is 0 Å². The molecule has 2 rings (SSSR count). The standard InChI is InChI=1S/C12H11N3O4S/c1-14-10(16)9(13-15(2)12(14)19)20-8-5-3-7(4-6-8)11(17)18/h3-6H,1-2H3,(H,17,18). The first kappa shape index (κ1) is 14.1. The fraction of sp³-hybridized carbons (Fsp3) is 0.167. The number of benzene rings is 1. The molecule has 0 spiro atoms. The van der Waals surface area contributed by atoms with E-state index < -0.39 is 17.2 Å². The Balaban J connectivity index is 2.38. The van der Waals surface area contributed by atoms with Crippen molar-refractivity contribution in [1.29, 1.82) is 0 Å². The fourth-order valence-electron chi connectivity index (χ4n) is 1.51. The summed E-state index contributed by atoms with van der Waals surface area (Å²) in [5.74, 6) is -1.02. The molecular weight excluding hydrogens is 282 g/mol. The molecule has 1 N–H and O–H groups in total. The number of aryl methyl sites for hydroxylation is 1. The van der Waals surface area contributed by atoms with E-state index in [-0.39, 0.29) is 10.6 Å². The molecule has 0 atom stereocenters. The highest BCUT2D eigenvalue weighted by molar-refractivity contribution is 7.99. The van der Waals surface area contributed by atoms with E-state index in [1.807, 2.05) is 0 Å². The number of carboxylic acids is 1. The van der Waals surface area contributed by atoms with Gasteiger partial charge < -0.3 is 5.11 Å². The lowest BCUT2D eigenvalue weighted by Crippen LogP contribution is -2.39. The first-order valence-corrected chi connectivity index (χ1v) is 6.37. The van der Waals surface area contributed by atoms with Crippen molar-refractivity contribution >= 4 is 17.7 Å². The van der Waals surface area contributed by atoms with Gasteiger partial charge in [-0.15, -0.1) is 0 Å². The second kappa shape index (κ2) is 5.33. The highest BCUT2D eigenvalue weighted by Gasteiger charge is 2.11. The van der Waals surface area contributed by atoms with Crippen molar-refractivity contribution in [3.63, 3.8) is 0 Å². The van der Waals surface area contributed by atoms with Crippen molar-refractivity contribution in [1.82, 2.24) is 14.3 Å². The van der Waals surface area contributed by atoms with Crippen LogP contribution in [0.25, 0.3) is 0 Å². The van der Waals surface area contributed by atoms with E-state index in [0.717, 1.165) is 21.0 Å². The Morgan fingerprint density at radius 3 is 2.35 bits per heavy atom. The van der Waals surface area contributed by atoms with Crippen LogP contribution in [0, 0.1) is 0 Å². The van der Waals surface area contributed by atoms with Gasteiger partial charge in [0.2, 0.25) is 0 Å². The van der Waals surface area contributed by atoms with E-state index in [4.69, 9.17) is 5.11 Å². The maximum absolute atomic E-state index is 11.9. The lowest BCUT2D eigenvalue weighted by Gasteiger charge is -2.05. The third-order valence-electron chi connectivity index (χ3n) is 2.61. The zero-order valence-corrected chi connectivity index (χ0v) is 11.5. The van der Waals surface area contributed by atoms with Crippen molar-refractivity contribution in [2.24, 2.45) is 14.1 Å². The van der Waals surface area contributed by atoms with Crippen LogP contribution in [0.2, 0.25) is 0 Å².